The molecule has 5 rings (SSSR count). The Bertz CT molecular complexity index is 961. The maximum absolute atomic E-state index is 13.6. The van der Waals surface area contributed by atoms with Gasteiger partial charge < -0.3 is 4.42 Å². The van der Waals surface area contributed by atoms with E-state index in [4.69, 9.17) is 4.42 Å². The molecule has 162 valence electrons. The van der Waals surface area contributed by atoms with Crippen LogP contribution in [0.1, 0.15) is 49.6 Å². The largest absolute Gasteiger partial charge is 0.419 e. The van der Waals surface area contributed by atoms with Crippen LogP contribution < -0.4 is 0 Å². The second-order valence-corrected chi connectivity index (χ2v) is 8.63. The quantitative estimate of drug-likeness (QED) is 0.587. The van der Waals surface area contributed by atoms with Crippen molar-refractivity contribution in [2.24, 2.45) is 0 Å². The third-order valence-corrected chi connectivity index (χ3v) is 6.69. The van der Waals surface area contributed by atoms with E-state index in [9.17, 15) is 4.39 Å². The van der Waals surface area contributed by atoms with Gasteiger partial charge in [0.25, 0.3) is 0 Å². The molecule has 0 spiro atoms. The van der Waals surface area contributed by atoms with Gasteiger partial charge in [0.2, 0.25) is 11.8 Å². The zero-order valence-electron chi connectivity index (χ0n) is 17.8. The van der Waals surface area contributed by atoms with Gasteiger partial charge in [-0.2, -0.15) is 0 Å². The van der Waals surface area contributed by atoms with Crippen molar-refractivity contribution in [1.82, 2.24) is 20.0 Å². The standard InChI is InChI=1S/C25H29FN4O/c26-21-13-11-19(12-14-21)23(25-28-27-24(31-25)20-7-3-1-4-8-20)30-17-15-29(16-18-30)22-9-5-2-6-10-22/h1,3-4,7-8,11-14,22-23H,2,5-6,9-10,15-18H2/t23-/m1/s1. The van der Waals surface area contributed by atoms with Crippen molar-refractivity contribution in [2.45, 2.75) is 44.2 Å². The first-order valence-corrected chi connectivity index (χ1v) is 11.4. The fraction of sp³-hybridized carbons (Fsp3) is 0.440. The van der Waals surface area contributed by atoms with Crippen LogP contribution >= 0.6 is 0 Å². The fourth-order valence-electron chi connectivity index (χ4n) is 5.00. The number of nitrogens with zero attached hydrogens (tertiary/aromatic N) is 4. The van der Waals surface area contributed by atoms with E-state index in [0.29, 0.717) is 11.8 Å². The molecule has 1 aliphatic heterocycles. The number of benzene rings is 2. The molecule has 6 heteroatoms. The number of piperazine rings is 1. The summed E-state index contributed by atoms with van der Waals surface area (Å²) in [6, 6.07) is 17.1. The second-order valence-electron chi connectivity index (χ2n) is 8.63. The number of hydrogen-bond acceptors (Lipinski definition) is 5. The molecule has 2 fully saturated rings. The number of rotatable bonds is 5. The Morgan fingerprint density at radius 1 is 0.839 bits per heavy atom. The minimum atomic E-state index is -0.236. The van der Waals surface area contributed by atoms with E-state index in [-0.39, 0.29) is 11.9 Å². The van der Waals surface area contributed by atoms with Gasteiger partial charge in [-0.25, -0.2) is 4.39 Å². The third-order valence-electron chi connectivity index (χ3n) is 6.69. The highest BCUT2D eigenvalue weighted by Crippen LogP contribution is 2.32. The van der Waals surface area contributed by atoms with Gasteiger partial charge in [-0.05, 0) is 42.7 Å². The lowest BCUT2D eigenvalue weighted by atomic mass is 9.93. The molecule has 3 aromatic rings. The lowest BCUT2D eigenvalue weighted by Gasteiger charge is -2.42. The van der Waals surface area contributed by atoms with Gasteiger partial charge >= 0.3 is 0 Å². The van der Waals surface area contributed by atoms with Gasteiger partial charge in [-0.3, -0.25) is 9.80 Å². The first kappa shape index (κ1) is 20.3. The van der Waals surface area contributed by atoms with E-state index >= 15 is 0 Å². The Balaban J connectivity index is 1.38. The van der Waals surface area contributed by atoms with Gasteiger partial charge in [0.05, 0.1) is 0 Å². The molecule has 1 saturated carbocycles. The van der Waals surface area contributed by atoms with Gasteiger partial charge in [0.1, 0.15) is 11.9 Å². The molecule has 2 heterocycles. The van der Waals surface area contributed by atoms with Crippen molar-refractivity contribution in [3.8, 4) is 11.5 Å². The smallest absolute Gasteiger partial charge is 0.247 e. The number of aromatic nitrogens is 2. The Hall–Kier alpha value is -2.57. The SMILES string of the molecule is Fc1ccc([C@H](c2nnc(-c3ccccc3)o2)N2CCN(C3CCCCC3)CC2)cc1. The molecule has 1 aromatic heterocycles. The Labute approximate surface area is 182 Å². The Morgan fingerprint density at radius 2 is 1.55 bits per heavy atom. The van der Waals surface area contributed by atoms with Gasteiger partial charge in [-0.15, -0.1) is 10.2 Å². The highest BCUT2D eigenvalue weighted by atomic mass is 19.1. The zero-order chi connectivity index (χ0) is 21.0. The molecule has 2 aromatic carbocycles. The summed E-state index contributed by atoms with van der Waals surface area (Å²) in [7, 11) is 0. The highest BCUT2D eigenvalue weighted by molar-refractivity contribution is 5.51. The minimum absolute atomic E-state index is 0.168. The van der Waals surface area contributed by atoms with Gasteiger partial charge in [0, 0.05) is 37.8 Å². The molecule has 1 aliphatic carbocycles. The normalized spacial score (nSPS) is 20.0. The van der Waals surface area contributed by atoms with Crippen LogP contribution in [0.5, 0.6) is 0 Å². The van der Waals surface area contributed by atoms with E-state index in [1.165, 1.54) is 44.2 Å². The molecule has 1 saturated heterocycles. The molecular weight excluding hydrogens is 391 g/mol. The maximum Gasteiger partial charge on any atom is 0.247 e. The van der Waals surface area contributed by atoms with Crippen molar-refractivity contribution in [3.05, 3.63) is 71.9 Å². The lowest BCUT2D eigenvalue weighted by molar-refractivity contribution is 0.0590. The summed E-state index contributed by atoms with van der Waals surface area (Å²) in [6.45, 7) is 3.95. The van der Waals surface area contributed by atoms with Gasteiger partial charge in [-0.1, -0.05) is 49.6 Å². The van der Waals surface area contributed by atoms with Crippen LogP contribution in [0.3, 0.4) is 0 Å². The van der Waals surface area contributed by atoms with Crippen molar-refractivity contribution in [1.29, 1.82) is 0 Å². The molecule has 0 unspecified atom stereocenters. The Morgan fingerprint density at radius 3 is 2.26 bits per heavy atom. The van der Waals surface area contributed by atoms with Crippen LogP contribution in [0, 0.1) is 5.82 Å². The summed E-state index contributed by atoms with van der Waals surface area (Å²) in [5.41, 5.74) is 1.89. The van der Waals surface area contributed by atoms with Crippen molar-refractivity contribution >= 4 is 0 Å². The van der Waals surface area contributed by atoms with Crippen LogP contribution in [0.25, 0.3) is 11.5 Å². The van der Waals surface area contributed by atoms with Crippen molar-refractivity contribution in [3.63, 3.8) is 0 Å². The third kappa shape index (κ3) is 4.55. The van der Waals surface area contributed by atoms with Crippen molar-refractivity contribution < 1.29 is 8.81 Å². The summed E-state index contributed by atoms with van der Waals surface area (Å²) in [4.78, 5) is 5.05. The van der Waals surface area contributed by atoms with Gasteiger partial charge in [0.15, 0.2) is 0 Å². The highest BCUT2D eigenvalue weighted by Gasteiger charge is 2.32. The average Bonchev–Trinajstić information content (AvgIpc) is 3.32. The van der Waals surface area contributed by atoms with Crippen LogP contribution in [0.2, 0.25) is 0 Å². The fourth-order valence-corrected chi connectivity index (χ4v) is 5.00. The number of halogens is 1. The zero-order valence-corrected chi connectivity index (χ0v) is 17.8. The maximum atomic E-state index is 13.6. The van der Waals surface area contributed by atoms with E-state index in [2.05, 4.69) is 20.0 Å². The molecule has 2 aliphatic rings. The van der Waals surface area contributed by atoms with E-state index in [0.717, 1.165) is 43.3 Å². The molecule has 0 radical (unpaired) electrons. The first-order valence-electron chi connectivity index (χ1n) is 11.4. The van der Waals surface area contributed by atoms with Crippen LogP contribution in [-0.4, -0.2) is 52.2 Å². The topological polar surface area (TPSA) is 45.4 Å². The second kappa shape index (κ2) is 9.28. The van der Waals surface area contributed by atoms with Crippen molar-refractivity contribution in [2.75, 3.05) is 26.2 Å². The van der Waals surface area contributed by atoms with E-state index in [1.807, 2.05) is 42.5 Å². The predicted molar refractivity (Wildman–Crippen MR) is 118 cm³/mol. The molecule has 0 bridgehead atoms. The first-order chi connectivity index (χ1) is 15.3. The summed E-state index contributed by atoms with van der Waals surface area (Å²) < 4.78 is 19.7. The Kier molecular flexibility index (Phi) is 6.09. The molecular formula is C25H29FN4O. The van der Waals surface area contributed by atoms with Crippen LogP contribution in [0.15, 0.2) is 59.0 Å². The molecule has 0 amide bonds. The average molecular weight is 421 g/mol. The molecule has 0 N–H and O–H groups in total. The van der Waals surface area contributed by atoms with Crippen LogP contribution in [-0.2, 0) is 0 Å². The molecule has 5 nitrogen and oxygen atoms in total. The minimum Gasteiger partial charge on any atom is -0.419 e. The number of hydrogen-bond donors (Lipinski definition) is 0. The van der Waals surface area contributed by atoms with E-state index in [1.54, 1.807) is 0 Å². The lowest BCUT2D eigenvalue weighted by Crippen LogP contribution is -2.51. The summed E-state index contributed by atoms with van der Waals surface area (Å²) >= 11 is 0. The predicted octanol–water partition coefficient (Wildman–Crippen LogP) is 4.92. The summed E-state index contributed by atoms with van der Waals surface area (Å²) in [6.07, 6.45) is 6.74. The van der Waals surface area contributed by atoms with Crippen LogP contribution in [0.4, 0.5) is 4.39 Å². The monoisotopic (exact) mass is 420 g/mol. The summed E-state index contributed by atoms with van der Waals surface area (Å²) in [5.74, 6) is 0.847. The van der Waals surface area contributed by atoms with E-state index < -0.39 is 0 Å². The molecule has 1 atom stereocenters. The molecule has 31 heavy (non-hydrogen) atoms. The summed E-state index contributed by atoms with van der Waals surface area (Å²) in [5, 5.41) is 8.72.